The van der Waals surface area contributed by atoms with Crippen LogP contribution in [-0.2, 0) is 11.2 Å². The number of nitrogens with one attached hydrogen (secondary N) is 1. The first-order valence-electron chi connectivity index (χ1n) is 9.08. The fourth-order valence-electron chi connectivity index (χ4n) is 2.61. The third-order valence-corrected chi connectivity index (χ3v) is 4.41. The van der Waals surface area contributed by atoms with Gasteiger partial charge in [-0.15, -0.1) is 0 Å². The minimum absolute atomic E-state index is 0. The van der Waals surface area contributed by atoms with Crippen LogP contribution >= 0.6 is 0 Å². The first kappa shape index (κ1) is 23.5. The van der Waals surface area contributed by atoms with Gasteiger partial charge in [0.25, 0.3) is 0 Å². The van der Waals surface area contributed by atoms with Gasteiger partial charge < -0.3 is 23.5 Å². The van der Waals surface area contributed by atoms with Gasteiger partial charge in [-0.2, -0.15) is 18.2 Å². The Balaban J connectivity index is 0.000000456. The molecule has 0 spiro atoms. The van der Waals surface area contributed by atoms with Crippen LogP contribution in [0.3, 0.4) is 0 Å². The Morgan fingerprint density at radius 3 is 2.37 bits per heavy atom. The number of rotatable bonds is 7. The molecule has 0 heterocycles. The molecule has 0 unspecified atom stereocenters. The molecule has 0 saturated heterocycles. The third kappa shape index (κ3) is 7.91. The fourth-order valence-corrected chi connectivity index (χ4v) is 2.61. The molecular formula is C23H27FLiNO-2. The number of halogens is 1. The Morgan fingerprint density at radius 1 is 1.19 bits per heavy atom. The average Bonchev–Trinajstić information content (AvgIpc) is 3.35. The van der Waals surface area contributed by atoms with Crippen molar-refractivity contribution in [1.82, 2.24) is 5.32 Å². The van der Waals surface area contributed by atoms with Gasteiger partial charge in [-0.25, -0.2) is 10.8 Å². The second kappa shape index (κ2) is 11.3. The van der Waals surface area contributed by atoms with Crippen molar-refractivity contribution in [3.8, 4) is 11.1 Å². The van der Waals surface area contributed by atoms with Gasteiger partial charge in [0.1, 0.15) is 5.82 Å². The number of carbonyl (C=O) groups excluding carboxylic acids is 1. The molecule has 4 heteroatoms. The topological polar surface area (TPSA) is 29.1 Å². The van der Waals surface area contributed by atoms with Crippen molar-refractivity contribution in [1.29, 1.82) is 0 Å². The van der Waals surface area contributed by atoms with Gasteiger partial charge in [0.15, 0.2) is 0 Å². The molecule has 3 rings (SSSR count). The van der Waals surface area contributed by atoms with Crippen LogP contribution in [-0.4, -0.2) is 12.5 Å². The van der Waals surface area contributed by atoms with Gasteiger partial charge in [0, 0.05) is 5.56 Å². The molecule has 1 saturated carbocycles. The van der Waals surface area contributed by atoms with Crippen molar-refractivity contribution in [2.45, 2.75) is 45.6 Å². The Morgan fingerprint density at radius 2 is 1.85 bits per heavy atom. The second-order valence-corrected chi connectivity index (χ2v) is 7.24. The summed E-state index contributed by atoms with van der Waals surface area (Å²) in [6.45, 7) is 7.93. The van der Waals surface area contributed by atoms with Crippen LogP contribution in [0.5, 0.6) is 0 Å². The van der Waals surface area contributed by atoms with Crippen LogP contribution in [0.1, 0.15) is 38.7 Å². The second-order valence-electron chi connectivity index (χ2n) is 7.24. The minimum atomic E-state index is -0.0936. The molecule has 0 aliphatic heterocycles. The van der Waals surface area contributed by atoms with Crippen LogP contribution in [0, 0.1) is 24.6 Å². The summed E-state index contributed by atoms with van der Waals surface area (Å²) in [5.41, 5.74) is 2.65. The summed E-state index contributed by atoms with van der Waals surface area (Å²) < 4.78 is 14.6. The van der Waals surface area contributed by atoms with Crippen molar-refractivity contribution in [2.24, 2.45) is 5.41 Å². The molecule has 140 valence electrons. The van der Waals surface area contributed by atoms with E-state index in [4.69, 9.17) is 0 Å². The van der Waals surface area contributed by atoms with E-state index in [0.717, 1.165) is 17.5 Å². The summed E-state index contributed by atoms with van der Waals surface area (Å²) in [6, 6.07) is 15.6. The zero-order chi connectivity index (χ0) is 19.0. The summed E-state index contributed by atoms with van der Waals surface area (Å²) >= 11 is 0. The van der Waals surface area contributed by atoms with E-state index in [1.165, 1.54) is 12.8 Å². The monoisotopic (exact) mass is 359 g/mol. The quantitative estimate of drug-likeness (QED) is 0.459. The maximum absolute atomic E-state index is 14.6. The molecule has 1 fully saturated rings. The Labute approximate surface area is 175 Å². The van der Waals surface area contributed by atoms with Gasteiger partial charge in [0.05, 0.1) is 0 Å². The number of amides is 1. The summed E-state index contributed by atoms with van der Waals surface area (Å²) in [7, 11) is 0. The van der Waals surface area contributed by atoms with Crippen LogP contribution in [0.15, 0.2) is 48.5 Å². The first-order chi connectivity index (χ1) is 12.4. The number of benzene rings is 2. The van der Waals surface area contributed by atoms with Crippen LogP contribution < -0.4 is 24.2 Å². The van der Waals surface area contributed by atoms with E-state index >= 15 is 0 Å². The fraction of sp³-hybridized carbons (Fsp3) is 0.348. The van der Waals surface area contributed by atoms with E-state index in [1.54, 1.807) is 6.41 Å². The molecule has 0 bridgehead atoms. The molecule has 27 heavy (non-hydrogen) atoms. The SMILES string of the molecule is CC(C)N[C-]=O.[CH2-]C1(C[CH-]Cc2cccc(-c3ccccc3)c2F)CC1.[Li+]. The number of hydrogen-bond donors (Lipinski definition) is 1. The zero-order valence-corrected chi connectivity index (χ0v) is 16.6. The van der Waals surface area contributed by atoms with E-state index in [9.17, 15) is 9.18 Å². The van der Waals surface area contributed by atoms with Crippen molar-refractivity contribution >= 4 is 6.41 Å². The molecule has 0 atom stereocenters. The van der Waals surface area contributed by atoms with Crippen molar-refractivity contribution in [3.05, 3.63) is 73.3 Å². The van der Waals surface area contributed by atoms with E-state index in [2.05, 4.69) is 18.7 Å². The van der Waals surface area contributed by atoms with E-state index < -0.39 is 0 Å². The molecule has 1 amide bonds. The minimum Gasteiger partial charge on any atom is -0.528 e. The Bertz CT molecular complexity index is 699. The Hall–Kier alpha value is -1.56. The summed E-state index contributed by atoms with van der Waals surface area (Å²) in [5.74, 6) is -0.0936. The van der Waals surface area contributed by atoms with Crippen molar-refractivity contribution in [3.63, 3.8) is 0 Å². The maximum atomic E-state index is 14.6. The summed E-state index contributed by atoms with van der Waals surface area (Å²) in [4.78, 5) is 9.38. The van der Waals surface area contributed by atoms with Crippen LogP contribution in [0.25, 0.3) is 11.1 Å². The third-order valence-electron chi connectivity index (χ3n) is 4.41. The zero-order valence-electron chi connectivity index (χ0n) is 16.6. The standard InChI is InChI=1S/C19H19F.C4H8NO.Li/c1-19(13-14-19)12-6-10-16-9-5-11-17(18(16)20)15-7-3-2-4-8-15;1-4(2)5-3-6;/h2-9,11H,1,10,12-14H2;4H,1-2H3,(H,5,6);/q-2;-1;+1. The van der Waals surface area contributed by atoms with Crippen LogP contribution in [0.4, 0.5) is 4.39 Å². The van der Waals surface area contributed by atoms with Crippen molar-refractivity contribution in [2.75, 3.05) is 0 Å². The number of hydrogen-bond acceptors (Lipinski definition) is 1. The molecule has 2 aromatic carbocycles. The molecule has 1 N–H and O–H groups in total. The molecule has 2 aromatic rings. The molecule has 1 aliphatic rings. The van der Waals surface area contributed by atoms with Crippen molar-refractivity contribution < 1.29 is 28.0 Å². The van der Waals surface area contributed by atoms with Gasteiger partial charge in [-0.1, -0.05) is 61.4 Å². The van der Waals surface area contributed by atoms with Gasteiger partial charge in [-0.3, -0.25) is 0 Å². The van der Waals surface area contributed by atoms with Crippen LogP contribution in [0.2, 0.25) is 0 Å². The molecule has 0 aromatic heterocycles. The van der Waals surface area contributed by atoms with Gasteiger partial charge in [-0.05, 0) is 31.0 Å². The predicted octanol–water partition coefficient (Wildman–Crippen LogP) is 2.30. The van der Waals surface area contributed by atoms with Gasteiger partial charge >= 0.3 is 18.9 Å². The summed E-state index contributed by atoms with van der Waals surface area (Å²) in [6.07, 6.45) is 7.82. The smallest absolute Gasteiger partial charge is 0.528 e. The average molecular weight is 359 g/mol. The van der Waals surface area contributed by atoms with E-state index in [0.29, 0.717) is 12.0 Å². The summed E-state index contributed by atoms with van der Waals surface area (Å²) in [5, 5.41) is 2.40. The Kier molecular flexibility index (Phi) is 9.84. The molecule has 0 radical (unpaired) electrons. The predicted molar refractivity (Wildman–Crippen MR) is 105 cm³/mol. The largest absolute Gasteiger partial charge is 1.00 e. The molecule has 1 aliphatic carbocycles. The molecule has 2 nitrogen and oxygen atoms in total. The first-order valence-corrected chi connectivity index (χ1v) is 9.08. The van der Waals surface area contributed by atoms with E-state index in [1.807, 2.05) is 62.4 Å². The molecular weight excluding hydrogens is 332 g/mol. The normalized spacial score (nSPS) is 13.8. The maximum Gasteiger partial charge on any atom is 1.00 e. The van der Waals surface area contributed by atoms with E-state index in [-0.39, 0.29) is 36.1 Å². The van der Waals surface area contributed by atoms with Gasteiger partial charge in [0.2, 0.25) is 0 Å².